The van der Waals surface area contributed by atoms with Gasteiger partial charge in [-0.3, -0.25) is 14.4 Å². The minimum atomic E-state index is -0.886. The van der Waals surface area contributed by atoms with Gasteiger partial charge in [-0.05, 0) is 25.7 Å². The minimum Gasteiger partial charge on any atom is -0.481 e. The fourth-order valence-corrected chi connectivity index (χ4v) is 3.52. The van der Waals surface area contributed by atoms with Crippen molar-refractivity contribution in [2.45, 2.75) is 44.6 Å². The van der Waals surface area contributed by atoms with Crippen LogP contribution in [-0.2, 0) is 14.4 Å². The van der Waals surface area contributed by atoms with Crippen LogP contribution < -0.4 is 0 Å². The first-order valence-electron chi connectivity index (χ1n) is 7.68. The minimum absolute atomic E-state index is 0.0662. The summed E-state index contributed by atoms with van der Waals surface area (Å²) >= 11 is 0. The number of aliphatic carboxylic acids is 1. The fourth-order valence-electron chi connectivity index (χ4n) is 3.52. The van der Waals surface area contributed by atoms with Crippen LogP contribution in [0.4, 0.5) is 0 Å². The Bertz CT molecular complexity index is 435. The zero-order chi connectivity index (χ0) is 15.6. The Kier molecular flexibility index (Phi) is 4.85. The predicted octanol–water partition coefficient (Wildman–Crippen LogP) is 0.957. The molecule has 0 bridgehead atoms. The predicted molar refractivity (Wildman–Crippen MR) is 76.5 cm³/mol. The maximum atomic E-state index is 12.7. The molecule has 1 saturated carbocycles. The first kappa shape index (κ1) is 15.8. The summed E-state index contributed by atoms with van der Waals surface area (Å²) in [6.07, 6.45) is 4.41. The van der Waals surface area contributed by atoms with Gasteiger partial charge in [0.25, 0.3) is 0 Å². The van der Waals surface area contributed by atoms with Gasteiger partial charge in [-0.2, -0.15) is 0 Å². The van der Waals surface area contributed by atoms with Crippen molar-refractivity contribution < 1.29 is 19.5 Å². The van der Waals surface area contributed by atoms with Crippen molar-refractivity contribution in [3.63, 3.8) is 0 Å². The van der Waals surface area contributed by atoms with E-state index in [-0.39, 0.29) is 11.8 Å². The third kappa shape index (κ3) is 3.19. The maximum absolute atomic E-state index is 12.7. The van der Waals surface area contributed by atoms with Crippen molar-refractivity contribution in [2.24, 2.45) is 11.8 Å². The number of carbonyl (C=O) groups excluding carboxylic acids is 2. The summed E-state index contributed by atoms with van der Waals surface area (Å²) in [6, 6.07) is -0.413. The standard InChI is InChI=1S/C15H24N2O4/c1-16(2)14(19)12-8-5-9-17(12)13(18)10-6-3-4-7-11(10)15(20)21/h10-12H,3-9H2,1-2H3,(H,20,21). The van der Waals surface area contributed by atoms with Crippen molar-refractivity contribution >= 4 is 17.8 Å². The normalized spacial score (nSPS) is 29.2. The number of rotatable bonds is 3. The molecule has 0 aromatic rings. The summed E-state index contributed by atoms with van der Waals surface area (Å²) in [6.45, 7) is 0.561. The molecular formula is C15H24N2O4. The third-order valence-electron chi connectivity index (χ3n) is 4.66. The van der Waals surface area contributed by atoms with Gasteiger partial charge in [-0.15, -0.1) is 0 Å². The molecule has 1 aliphatic carbocycles. The topological polar surface area (TPSA) is 77.9 Å². The zero-order valence-electron chi connectivity index (χ0n) is 12.7. The highest BCUT2D eigenvalue weighted by Crippen LogP contribution is 2.33. The molecule has 1 saturated heterocycles. The molecule has 3 unspecified atom stereocenters. The largest absolute Gasteiger partial charge is 0.481 e. The van der Waals surface area contributed by atoms with Crippen LogP contribution in [0.2, 0.25) is 0 Å². The van der Waals surface area contributed by atoms with Gasteiger partial charge >= 0.3 is 5.97 Å². The summed E-state index contributed by atoms with van der Waals surface area (Å²) in [5.74, 6) is -2.15. The van der Waals surface area contributed by atoms with E-state index < -0.39 is 23.8 Å². The van der Waals surface area contributed by atoms with Crippen molar-refractivity contribution in [2.75, 3.05) is 20.6 Å². The molecule has 0 spiro atoms. The third-order valence-corrected chi connectivity index (χ3v) is 4.66. The van der Waals surface area contributed by atoms with Crippen LogP contribution in [0.3, 0.4) is 0 Å². The van der Waals surface area contributed by atoms with Gasteiger partial charge in [0, 0.05) is 20.6 Å². The van der Waals surface area contributed by atoms with Crippen LogP contribution in [0, 0.1) is 11.8 Å². The second kappa shape index (κ2) is 6.45. The lowest BCUT2D eigenvalue weighted by atomic mass is 9.78. The van der Waals surface area contributed by atoms with Crippen LogP contribution in [0.15, 0.2) is 0 Å². The molecule has 2 amide bonds. The Morgan fingerprint density at radius 3 is 2.19 bits per heavy atom. The molecule has 6 nitrogen and oxygen atoms in total. The van der Waals surface area contributed by atoms with E-state index in [4.69, 9.17) is 0 Å². The molecule has 1 N–H and O–H groups in total. The van der Waals surface area contributed by atoms with Crippen LogP contribution in [-0.4, -0.2) is 59.4 Å². The molecule has 2 rings (SSSR count). The lowest BCUT2D eigenvalue weighted by Gasteiger charge is -2.34. The van der Waals surface area contributed by atoms with Gasteiger partial charge < -0.3 is 14.9 Å². The fraction of sp³-hybridized carbons (Fsp3) is 0.800. The number of hydrogen-bond donors (Lipinski definition) is 1. The summed E-state index contributed by atoms with van der Waals surface area (Å²) in [7, 11) is 3.37. The second-order valence-electron chi connectivity index (χ2n) is 6.26. The van der Waals surface area contributed by atoms with E-state index in [1.165, 1.54) is 4.90 Å². The van der Waals surface area contributed by atoms with Crippen LogP contribution in [0.1, 0.15) is 38.5 Å². The Hall–Kier alpha value is -1.59. The van der Waals surface area contributed by atoms with E-state index in [9.17, 15) is 19.5 Å². The van der Waals surface area contributed by atoms with E-state index in [1.54, 1.807) is 19.0 Å². The van der Waals surface area contributed by atoms with Crippen molar-refractivity contribution in [1.29, 1.82) is 0 Å². The SMILES string of the molecule is CN(C)C(=O)C1CCCN1C(=O)C1CCCCC1C(=O)O. The summed E-state index contributed by atoms with van der Waals surface area (Å²) < 4.78 is 0. The number of carbonyl (C=O) groups is 3. The van der Waals surface area contributed by atoms with E-state index in [0.717, 1.165) is 19.3 Å². The van der Waals surface area contributed by atoms with Crippen molar-refractivity contribution in [3.8, 4) is 0 Å². The molecular weight excluding hydrogens is 272 g/mol. The monoisotopic (exact) mass is 296 g/mol. The van der Waals surface area contributed by atoms with Gasteiger partial charge in [-0.25, -0.2) is 0 Å². The number of nitrogens with zero attached hydrogens (tertiary/aromatic N) is 2. The Morgan fingerprint density at radius 1 is 1.00 bits per heavy atom. The Morgan fingerprint density at radius 2 is 1.62 bits per heavy atom. The Balaban J connectivity index is 2.13. The maximum Gasteiger partial charge on any atom is 0.307 e. The summed E-state index contributed by atoms with van der Waals surface area (Å²) in [5, 5.41) is 9.32. The smallest absolute Gasteiger partial charge is 0.307 e. The quantitative estimate of drug-likeness (QED) is 0.841. The highest BCUT2D eigenvalue weighted by Gasteiger charge is 2.42. The number of likely N-dealkylation sites (tertiary alicyclic amines) is 1. The summed E-state index contributed by atoms with van der Waals surface area (Å²) in [5.41, 5.74) is 0. The van der Waals surface area contributed by atoms with E-state index >= 15 is 0 Å². The number of carboxylic acid groups (broad SMARTS) is 1. The zero-order valence-corrected chi connectivity index (χ0v) is 12.7. The molecule has 118 valence electrons. The average Bonchev–Trinajstić information content (AvgIpc) is 2.94. The summed E-state index contributed by atoms with van der Waals surface area (Å²) in [4.78, 5) is 39.4. The Labute approximate surface area is 125 Å². The molecule has 6 heteroatoms. The second-order valence-corrected chi connectivity index (χ2v) is 6.26. The first-order chi connectivity index (χ1) is 9.93. The van der Waals surface area contributed by atoms with Crippen molar-refractivity contribution in [1.82, 2.24) is 9.80 Å². The molecule has 2 aliphatic rings. The molecule has 1 heterocycles. The number of carboxylic acids is 1. The molecule has 0 aromatic carbocycles. The van der Waals surface area contributed by atoms with E-state index in [0.29, 0.717) is 25.8 Å². The number of amides is 2. The lowest BCUT2D eigenvalue weighted by Crippen LogP contribution is -2.49. The van der Waals surface area contributed by atoms with Crippen molar-refractivity contribution in [3.05, 3.63) is 0 Å². The van der Waals surface area contributed by atoms with Gasteiger partial charge in [0.1, 0.15) is 6.04 Å². The molecule has 3 atom stereocenters. The van der Waals surface area contributed by atoms with E-state index in [1.807, 2.05) is 0 Å². The van der Waals surface area contributed by atoms with Gasteiger partial charge in [0.05, 0.1) is 11.8 Å². The first-order valence-corrected chi connectivity index (χ1v) is 7.68. The van der Waals surface area contributed by atoms with E-state index in [2.05, 4.69) is 0 Å². The van der Waals surface area contributed by atoms with Gasteiger partial charge in [-0.1, -0.05) is 12.8 Å². The van der Waals surface area contributed by atoms with Crippen LogP contribution in [0.25, 0.3) is 0 Å². The lowest BCUT2D eigenvalue weighted by molar-refractivity contribution is -0.154. The highest BCUT2D eigenvalue weighted by atomic mass is 16.4. The highest BCUT2D eigenvalue weighted by molar-refractivity contribution is 5.91. The molecule has 21 heavy (non-hydrogen) atoms. The molecule has 2 fully saturated rings. The molecule has 1 aliphatic heterocycles. The van der Waals surface area contributed by atoms with Crippen LogP contribution >= 0.6 is 0 Å². The molecule has 0 aromatic heterocycles. The average molecular weight is 296 g/mol. The molecule has 0 radical (unpaired) electrons. The number of hydrogen-bond acceptors (Lipinski definition) is 3. The number of likely N-dealkylation sites (N-methyl/N-ethyl adjacent to an activating group) is 1. The van der Waals surface area contributed by atoms with Crippen LogP contribution in [0.5, 0.6) is 0 Å². The van der Waals surface area contributed by atoms with Gasteiger partial charge in [0.2, 0.25) is 11.8 Å². The van der Waals surface area contributed by atoms with Gasteiger partial charge in [0.15, 0.2) is 0 Å².